The third kappa shape index (κ3) is 30.5. The number of hydrogen-bond donors (Lipinski definition) is 2. The van der Waals surface area contributed by atoms with Crippen molar-refractivity contribution in [3.05, 3.63) is 0 Å². The fourth-order valence-corrected chi connectivity index (χ4v) is 5.14. The summed E-state index contributed by atoms with van der Waals surface area (Å²) in [6.07, 6.45) is 28.1. The van der Waals surface area contributed by atoms with Gasteiger partial charge in [-0.3, -0.25) is 4.79 Å². The maximum absolute atomic E-state index is 11.3. The number of aliphatic hydroxyl groups excluding tert-OH is 1. The van der Waals surface area contributed by atoms with Gasteiger partial charge in [0, 0.05) is 0 Å². The molecule has 0 aromatic heterocycles. The molecule has 0 aliphatic carbocycles. The molecule has 0 radical (unpaired) electrons. The average molecular weight is 588 g/mol. The highest BCUT2D eigenvalue weighted by Gasteiger charge is 2.18. The molecule has 0 heterocycles. The van der Waals surface area contributed by atoms with E-state index in [9.17, 15) is 9.90 Å². The molecule has 0 aromatic rings. The number of unbranched alkanes of at least 4 members (excludes halogenated alkanes) is 18. The Morgan fingerprint density at radius 1 is 0.585 bits per heavy atom. The zero-order chi connectivity index (χ0) is 30.1. The molecule has 0 aliphatic heterocycles. The van der Waals surface area contributed by atoms with E-state index >= 15 is 0 Å². The first-order valence-corrected chi connectivity index (χ1v) is 17.4. The van der Waals surface area contributed by atoms with Gasteiger partial charge in [0.15, 0.2) is 0 Å². The highest BCUT2D eigenvalue weighted by Crippen LogP contribution is 2.18. The van der Waals surface area contributed by atoms with Crippen LogP contribution in [0, 0.1) is 0 Å². The summed E-state index contributed by atoms with van der Waals surface area (Å²) in [5, 5.41) is 9.18. The van der Waals surface area contributed by atoms with Crippen molar-refractivity contribution in [2.24, 2.45) is 5.73 Å². The summed E-state index contributed by atoms with van der Waals surface area (Å²) in [7, 11) is 0. The molecular formula is C34H69NO6. The molecule has 7 nitrogen and oxygen atoms in total. The van der Waals surface area contributed by atoms with Crippen LogP contribution in [-0.4, -0.2) is 69.5 Å². The number of esters is 1. The molecule has 0 aliphatic rings. The Morgan fingerprint density at radius 2 is 0.976 bits per heavy atom. The second-order valence-electron chi connectivity index (χ2n) is 11.6. The number of nitrogens with two attached hydrogens (primary N) is 1. The van der Waals surface area contributed by atoms with Crippen molar-refractivity contribution in [2.45, 2.75) is 167 Å². The number of ether oxygens (including phenoxy) is 4. The van der Waals surface area contributed by atoms with Gasteiger partial charge in [0.25, 0.3) is 0 Å². The van der Waals surface area contributed by atoms with E-state index in [-0.39, 0.29) is 32.0 Å². The third-order valence-corrected chi connectivity index (χ3v) is 7.64. The molecule has 2 unspecified atom stereocenters. The molecule has 2 atom stereocenters. The summed E-state index contributed by atoms with van der Waals surface area (Å²) < 4.78 is 23.1. The molecule has 0 spiro atoms. The Balaban J connectivity index is 4.49. The smallest absolute Gasteiger partial charge is 0.319 e. The molecular weight excluding hydrogens is 518 g/mol. The number of hydrogen-bond acceptors (Lipinski definition) is 7. The van der Waals surface area contributed by atoms with Crippen LogP contribution in [0.25, 0.3) is 0 Å². The van der Waals surface area contributed by atoms with E-state index in [1.807, 2.05) is 0 Å². The summed E-state index contributed by atoms with van der Waals surface area (Å²) in [5.74, 6) is -0.413. The minimum atomic E-state index is -0.413. The highest BCUT2D eigenvalue weighted by molar-refractivity contribution is 5.71. The Morgan fingerprint density at radius 3 is 1.37 bits per heavy atom. The van der Waals surface area contributed by atoms with Crippen molar-refractivity contribution in [3.63, 3.8) is 0 Å². The van der Waals surface area contributed by atoms with Crippen molar-refractivity contribution in [1.29, 1.82) is 0 Å². The Bertz CT molecular complexity index is 521. The Labute approximate surface area is 254 Å². The van der Waals surface area contributed by atoms with Crippen LogP contribution in [0.5, 0.6) is 0 Å². The van der Waals surface area contributed by atoms with Crippen LogP contribution >= 0.6 is 0 Å². The molecule has 246 valence electrons. The first-order valence-electron chi connectivity index (χ1n) is 17.4. The number of carbonyl (C=O) groups excluding carboxylic acids is 1. The topological polar surface area (TPSA) is 100 Å². The zero-order valence-electron chi connectivity index (χ0n) is 27.2. The lowest BCUT2D eigenvalue weighted by atomic mass is 10.0. The van der Waals surface area contributed by atoms with Crippen molar-refractivity contribution >= 4 is 5.97 Å². The lowest BCUT2D eigenvalue weighted by molar-refractivity contribution is -0.144. The quantitative estimate of drug-likeness (QED) is 0.0583. The van der Waals surface area contributed by atoms with E-state index in [0.29, 0.717) is 26.4 Å². The van der Waals surface area contributed by atoms with E-state index in [2.05, 4.69) is 13.8 Å². The van der Waals surface area contributed by atoms with Crippen LogP contribution in [0.4, 0.5) is 0 Å². The number of aliphatic hydroxyl groups is 1. The maximum atomic E-state index is 11.3. The van der Waals surface area contributed by atoms with Crippen molar-refractivity contribution in [2.75, 3.05) is 46.2 Å². The summed E-state index contributed by atoms with van der Waals surface area (Å²) in [6, 6.07) is 0. The van der Waals surface area contributed by atoms with Crippen LogP contribution < -0.4 is 5.73 Å². The van der Waals surface area contributed by atoms with Gasteiger partial charge in [-0.25, -0.2) is 0 Å². The van der Waals surface area contributed by atoms with Gasteiger partial charge in [0.2, 0.25) is 0 Å². The Kier molecular flexibility index (Phi) is 33.2. The predicted molar refractivity (Wildman–Crippen MR) is 170 cm³/mol. The minimum absolute atomic E-state index is 0.00221. The van der Waals surface area contributed by atoms with E-state index in [1.54, 1.807) is 0 Å². The summed E-state index contributed by atoms with van der Waals surface area (Å²) in [5.41, 5.74) is 5.30. The molecule has 7 heteroatoms. The maximum Gasteiger partial charge on any atom is 0.319 e. The standard InChI is InChI=1S/C34H69NO6/c1-3-5-7-9-11-13-15-17-19-21-23-32(30-38-26-25-36)41-33(31-39-27-28-40-34(37)29-35)24-22-20-18-16-14-12-10-8-6-4-2/h32-33,36H,3-31,35H2,1-2H3. The van der Waals surface area contributed by atoms with E-state index in [0.717, 1.165) is 25.7 Å². The summed E-state index contributed by atoms with van der Waals surface area (Å²) in [4.78, 5) is 11.3. The first-order chi connectivity index (χ1) is 20.2. The second-order valence-corrected chi connectivity index (χ2v) is 11.6. The molecule has 0 rings (SSSR count). The molecule has 0 saturated heterocycles. The fourth-order valence-electron chi connectivity index (χ4n) is 5.14. The zero-order valence-corrected chi connectivity index (χ0v) is 27.2. The normalized spacial score (nSPS) is 13.0. The molecule has 0 saturated carbocycles. The summed E-state index contributed by atoms with van der Waals surface area (Å²) >= 11 is 0. The van der Waals surface area contributed by atoms with Crippen LogP contribution in [0.2, 0.25) is 0 Å². The van der Waals surface area contributed by atoms with Gasteiger partial charge in [-0.15, -0.1) is 0 Å². The van der Waals surface area contributed by atoms with Crippen molar-refractivity contribution in [1.82, 2.24) is 0 Å². The third-order valence-electron chi connectivity index (χ3n) is 7.64. The van der Waals surface area contributed by atoms with Crippen molar-refractivity contribution in [3.8, 4) is 0 Å². The lowest BCUT2D eigenvalue weighted by Crippen LogP contribution is -2.31. The Hall–Kier alpha value is -0.730. The first kappa shape index (κ1) is 40.3. The average Bonchev–Trinajstić information content (AvgIpc) is 2.98. The van der Waals surface area contributed by atoms with Gasteiger partial charge in [-0.1, -0.05) is 142 Å². The largest absolute Gasteiger partial charge is 0.462 e. The minimum Gasteiger partial charge on any atom is -0.462 e. The van der Waals surface area contributed by atoms with Gasteiger partial charge in [0.1, 0.15) is 6.61 Å². The van der Waals surface area contributed by atoms with E-state index in [1.165, 1.54) is 116 Å². The molecule has 3 N–H and O–H groups in total. The van der Waals surface area contributed by atoms with Gasteiger partial charge >= 0.3 is 5.97 Å². The van der Waals surface area contributed by atoms with Crippen LogP contribution in [0.15, 0.2) is 0 Å². The molecule has 0 bridgehead atoms. The molecule has 0 aromatic carbocycles. The second kappa shape index (κ2) is 33.8. The molecule has 0 fully saturated rings. The fraction of sp³-hybridized carbons (Fsp3) is 0.971. The van der Waals surface area contributed by atoms with Crippen LogP contribution in [0.1, 0.15) is 155 Å². The highest BCUT2D eigenvalue weighted by atomic mass is 16.6. The lowest BCUT2D eigenvalue weighted by Gasteiger charge is -2.25. The SMILES string of the molecule is CCCCCCCCCCCCC(COCCO)OC(CCCCCCCCCCCC)COCCOC(=O)CN. The summed E-state index contributed by atoms with van der Waals surface area (Å²) in [6.45, 7) is 6.31. The van der Waals surface area contributed by atoms with Crippen LogP contribution in [0.3, 0.4) is 0 Å². The van der Waals surface area contributed by atoms with Gasteiger partial charge in [-0.2, -0.15) is 0 Å². The number of rotatable bonds is 34. The van der Waals surface area contributed by atoms with E-state index in [4.69, 9.17) is 24.7 Å². The monoisotopic (exact) mass is 588 g/mol. The van der Waals surface area contributed by atoms with Crippen molar-refractivity contribution < 1.29 is 28.8 Å². The number of carbonyl (C=O) groups is 1. The predicted octanol–water partition coefficient (Wildman–Crippen LogP) is 7.89. The molecule has 41 heavy (non-hydrogen) atoms. The molecule has 0 amide bonds. The van der Waals surface area contributed by atoms with E-state index < -0.39 is 5.97 Å². The van der Waals surface area contributed by atoms with Gasteiger partial charge in [-0.05, 0) is 12.8 Å². The van der Waals surface area contributed by atoms with Gasteiger partial charge in [0.05, 0.1) is 51.8 Å². The van der Waals surface area contributed by atoms with Gasteiger partial charge < -0.3 is 29.8 Å². The van der Waals surface area contributed by atoms with Crippen LogP contribution in [-0.2, 0) is 23.7 Å².